The van der Waals surface area contributed by atoms with Crippen LogP contribution in [0.2, 0.25) is 0 Å². The van der Waals surface area contributed by atoms with E-state index in [1.165, 1.54) is 5.56 Å². The van der Waals surface area contributed by atoms with Crippen LogP contribution in [0.4, 0.5) is 0 Å². The van der Waals surface area contributed by atoms with E-state index >= 15 is 0 Å². The largest absolute Gasteiger partial charge is 0.489 e. The summed E-state index contributed by atoms with van der Waals surface area (Å²) in [4.78, 5) is 0. The highest BCUT2D eigenvalue weighted by molar-refractivity contribution is 5.77. The molecule has 108 valence electrons. The monoisotopic (exact) mass is 283 g/mol. The number of benzene rings is 2. The average molecular weight is 283 g/mol. The Hall–Kier alpha value is -2.82. The van der Waals surface area contributed by atoms with Crippen LogP contribution in [0.5, 0.6) is 5.75 Å². The highest BCUT2D eigenvalue weighted by atomic mass is 16.5. The topological polar surface area (TPSA) is 87.6 Å². The van der Waals surface area contributed by atoms with Gasteiger partial charge < -0.3 is 16.2 Å². The van der Waals surface area contributed by atoms with Gasteiger partial charge >= 0.3 is 0 Å². The first-order chi connectivity index (χ1) is 10.1. The molecule has 5 heteroatoms. The molecule has 2 rings (SSSR count). The molecule has 5 N–H and O–H groups in total. The molecular weight excluding hydrogens is 264 g/mol. The molecule has 2 aromatic carbocycles. The van der Waals surface area contributed by atoms with Gasteiger partial charge in [-0.15, -0.1) is 5.10 Å². The van der Waals surface area contributed by atoms with Gasteiger partial charge in [-0.05, 0) is 36.8 Å². The van der Waals surface area contributed by atoms with Crippen molar-refractivity contribution < 1.29 is 9.84 Å². The zero-order chi connectivity index (χ0) is 15.1. The average Bonchev–Trinajstić information content (AvgIpc) is 2.48. The Morgan fingerprint density at radius 3 is 2.38 bits per heavy atom. The summed E-state index contributed by atoms with van der Waals surface area (Å²) in [5.74, 6) is 0.805. The number of nitrogens with zero attached hydrogens (tertiary/aromatic N) is 1. The van der Waals surface area contributed by atoms with Crippen LogP contribution in [-0.4, -0.2) is 12.2 Å². The number of hydrogen-bond donors (Lipinski definition) is 3. The lowest BCUT2D eigenvalue weighted by atomic mass is 10.2. The molecule has 0 aliphatic rings. The highest BCUT2D eigenvalue weighted by Gasteiger charge is 1.97. The van der Waals surface area contributed by atoms with Crippen molar-refractivity contribution in [3.8, 4) is 5.75 Å². The number of hydrogen-bond acceptors (Lipinski definition) is 2. The van der Waals surface area contributed by atoms with Crippen molar-refractivity contribution in [3.63, 3.8) is 0 Å². The number of hydrazone groups is 1. The lowest BCUT2D eigenvalue weighted by molar-refractivity contribution is -0.456. The molecule has 0 radical (unpaired) electrons. The zero-order valence-corrected chi connectivity index (χ0v) is 11.9. The number of ether oxygens (including phenoxy) is 1. The third-order valence-corrected chi connectivity index (χ3v) is 2.83. The van der Waals surface area contributed by atoms with E-state index < -0.39 is 0 Å². The van der Waals surface area contributed by atoms with Crippen LogP contribution in [0.25, 0.3) is 0 Å². The molecule has 0 saturated carbocycles. The van der Waals surface area contributed by atoms with Gasteiger partial charge in [-0.3, -0.25) is 0 Å². The smallest absolute Gasteiger partial charge is 0.256 e. The summed E-state index contributed by atoms with van der Waals surface area (Å²) in [6, 6.07) is 15.9. The van der Waals surface area contributed by atoms with Gasteiger partial charge in [-0.1, -0.05) is 29.8 Å². The van der Waals surface area contributed by atoms with Gasteiger partial charge in [0.05, 0.1) is 0 Å². The highest BCUT2D eigenvalue weighted by Crippen LogP contribution is 2.13. The Morgan fingerprint density at radius 1 is 1.10 bits per heavy atom. The zero-order valence-electron chi connectivity index (χ0n) is 11.9. The summed E-state index contributed by atoms with van der Waals surface area (Å²) in [7, 11) is 0. The van der Waals surface area contributed by atoms with Crippen LogP contribution in [0.3, 0.4) is 0 Å². The summed E-state index contributed by atoms with van der Waals surface area (Å²) < 4.78 is 5.73. The molecule has 0 bridgehead atoms. The van der Waals surface area contributed by atoms with Crippen LogP contribution in [0, 0.1) is 6.92 Å². The van der Waals surface area contributed by atoms with E-state index in [-0.39, 0.29) is 5.96 Å². The van der Waals surface area contributed by atoms with Gasteiger partial charge in [0.15, 0.2) is 0 Å². The lowest BCUT2D eigenvalue weighted by Crippen LogP contribution is -2.63. The van der Waals surface area contributed by atoms with Crippen LogP contribution in [0.15, 0.2) is 53.6 Å². The van der Waals surface area contributed by atoms with Gasteiger partial charge in [-0.25, -0.2) is 0 Å². The Kier molecular flexibility index (Phi) is 4.93. The predicted octanol–water partition coefficient (Wildman–Crippen LogP) is 0.262. The number of aryl methyl sites for hydroxylation is 1. The van der Waals surface area contributed by atoms with Crippen molar-refractivity contribution in [2.24, 2.45) is 16.6 Å². The fourth-order valence-electron chi connectivity index (χ4n) is 1.69. The fraction of sp³-hybridized carbons (Fsp3) is 0.125. The van der Waals surface area contributed by atoms with E-state index in [0.717, 1.165) is 16.9 Å². The molecule has 0 unspecified atom stereocenters. The molecule has 0 amide bonds. The summed E-state index contributed by atoms with van der Waals surface area (Å²) >= 11 is 0. The van der Waals surface area contributed by atoms with E-state index in [0.29, 0.717) is 6.61 Å². The summed E-state index contributed by atoms with van der Waals surface area (Å²) in [6.07, 6.45) is 1.70. The SMILES string of the molecule is Cc1ccc(COc2ccc(/C=[NH+]/N=C(N)N)cc2)cc1. The summed E-state index contributed by atoms with van der Waals surface area (Å²) in [6.45, 7) is 2.62. The second-order valence-electron chi connectivity index (χ2n) is 4.65. The van der Waals surface area contributed by atoms with Gasteiger partial charge in [0.1, 0.15) is 12.4 Å². The van der Waals surface area contributed by atoms with Crippen molar-refractivity contribution in [1.82, 2.24) is 0 Å². The quantitative estimate of drug-likeness (QED) is 0.418. The molecule has 0 aliphatic heterocycles. The van der Waals surface area contributed by atoms with Crippen molar-refractivity contribution in [3.05, 3.63) is 65.2 Å². The molecule has 0 fully saturated rings. The maximum atomic E-state index is 5.73. The van der Waals surface area contributed by atoms with Gasteiger partial charge in [0.2, 0.25) is 6.21 Å². The van der Waals surface area contributed by atoms with Crippen LogP contribution in [-0.2, 0) is 6.61 Å². The van der Waals surface area contributed by atoms with Crippen LogP contribution < -0.4 is 21.3 Å². The predicted molar refractivity (Wildman–Crippen MR) is 83.9 cm³/mol. The molecular formula is C16H19N4O+. The molecule has 0 heterocycles. The molecule has 2 aromatic rings. The number of rotatable bonds is 5. The Morgan fingerprint density at radius 2 is 1.76 bits per heavy atom. The van der Waals surface area contributed by atoms with Crippen LogP contribution >= 0.6 is 0 Å². The minimum absolute atomic E-state index is 0.00991. The Balaban J connectivity index is 1.91. The standard InChI is InChI=1S/C16H18N4O/c1-12-2-4-14(5-3-12)11-21-15-8-6-13(7-9-15)10-19-20-16(17)18/h2-10H,11H2,1H3,(H4,17,18,20)/p+1/b19-10+. The molecule has 0 aliphatic carbocycles. The van der Waals surface area contributed by atoms with Crippen molar-refractivity contribution in [2.45, 2.75) is 13.5 Å². The fourth-order valence-corrected chi connectivity index (χ4v) is 1.69. The summed E-state index contributed by atoms with van der Waals surface area (Å²) in [5, 5.41) is 6.32. The van der Waals surface area contributed by atoms with Crippen LogP contribution in [0.1, 0.15) is 16.7 Å². The first-order valence-corrected chi connectivity index (χ1v) is 6.59. The Labute approximate surface area is 124 Å². The van der Waals surface area contributed by atoms with E-state index in [1.54, 1.807) is 6.21 Å². The molecule has 0 spiro atoms. The molecule has 0 aromatic heterocycles. The van der Waals surface area contributed by atoms with Crippen molar-refractivity contribution in [2.75, 3.05) is 0 Å². The number of nitrogens with one attached hydrogen (secondary N) is 1. The maximum Gasteiger partial charge on any atom is 0.256 e. The minimum atomic E-state index is -0.00991. The molecule has 21 heavy (non-hydrogen) atoms. The maximum absolute atomic E-state index is 5.73. The van der Waals surface area contributed by atoms with E-state index in [1.807, 2.05) is 24.3 Å². The second kappa shape index (κ2) is 7.09. The van der Waals surface area contributed by atoms with Gasteiger partial charge in [-0.2, -0.15) is 0 Å². The van der Waals surface area contributed by atoms with Crippen molar-refractivity contribution in [1.29, 1.82) is 0 Å². The second-order valence-corrected chi connectivity index (χ2v) is 4.65. The first-order valence-electron chi connectivity index (χ1n) is 6.59. The normalized spacial score (nSPS) is 10.5. The van der Waals surface area contributed by atoms with Gasteiger partial charge in [0, 0.05) is 10.7 Å². The van der Waals surface area contributed by atoms with Crippen molar-refractivity contribution >= 4 is 12.2 Å². The lowest BCUT2D eigenvalue weighted by Gasteiger charge is -2.06. The minimum Gasteiger partial charge on any atom is -0.489 e. The first kappa shape index (κ1) is 14.6. The van der Waals surface area contributed by atoms with E-state index in [4.69, 9.17) is 16.2 Å². The third-order valence-electron chi connectivity index (χ3n) is 2.83. The third kappa shape index (κ3) is 4.99. The summed E-state index contributed by atoms with van der Waals surface area (Å²) in [5.41, 5.74) is 13.8. The molecule has 0 saturated heterocycles. The molecule has 0 atom stereocenters. The number of guanidine groups is 1. The Bertz CT molecular complexity index is 626. The van der Waals surface area contributed by atoms with E-state index in [9.17, 15) is 0 Å². The molecule has 5 nitrogen and oxygen atoms in total. The number of nitrogens with two attached hydrogens (primary N) is 2. The van der Waals surface area contributed by atoms with E-state index in [2.05, 4.69) is 41.4 Å². The van der Waals surface area contributed by atoms with Gasteiger partial charge in [0.25, 0.3) is 5.96 Å².